The van der Waals surface area contributed by atoms with Crippen molar-refractivity contribution in [1.82, 2.24) is 0 Å². The van der Waals surface area contributed by atoms with Gasteiger partial charge in [-0.15, -0.1) is 0 Å². The zero-order valence-corrected chi connectivity index (χ0v) is 33.5. The van der Waals surface area contributed by atoms with Crippen molar-refractivity contribution < 1.29 is 27.9 Å². The third kappa shape index (κ3) is 10.7. The summed E-state index contributed by atoms with van der Waals surface area (Å²) in [5.74, 6) is -1.66. The zero-order chi connectivity index (χ0) is 37.7. The van der Waals surface area contributed by atoms with Crippen LogP contribution in [0.15, 0.2) is 121 Å². The molecular weight excluding hydrogens is 669 g/mol. The van der Waals surface area contributed by atoms with Crippen LogP contribution in [-0.4, -0.2) is 88.8 Å². The molecule has 6 nitrogen and oxygen atoms in total. The van der Waals surface area contributed by atoms with Crippen LogP contribution in [0.3, 0.4) is 0 Å². The molecule has 0 aliphatic carbocycles. The predicted molar refractivity (Wildman–Crippen MR) is 219 cm³/mol. The lowest BCUT2D eigenvalue weighted by molar-refractivity contribution is -0.893. The molecule has 0 saturated carbocycles. The maximum absolute atomic E-state index is 6.79. The van der Waals surface area contributed by atoms with E-state index >= 15 is 0 Å². The van der Waals surface area contributed by atoms with Crippen LogP contribution in [0.25, 0.3) is 0 Å². The molecule has 2 unspecified atom stereocenters. The van der Waals surface area contributed by atoms with E-state index in [1.165, 1.54) is 77.3 Å². The average molecular weight is 735 g/mol. The van der Waals surface area contributed by atoms with Gasteiger partial charge in [-0.2, -0.15) is 0 Å². The number of rotatable bonds is 21. The lowest BCUT2D eigenvalue weighted by atomic mass is 9.97. The number of benzene rings is 4. The fourth-order valence-electron chi connectivity index (χ4n) is 8.55. The smallest absolute Gasteiger partial charge is 0.222 e. The molecule has 0 radical (unpaired) electrons. The van der Waals surface area contributed by atoms with Crippen LogP contribution >= 0.6 is 0 Å². The van der Waals surface area contributed by atoms with Crippen molar-refractivity contribution in [3.63, 3.8) is 0 Å². The van der Waals surface area contributed by atoms with Crippen molar-refractivity contribution in [3.05, 3.63) is 144 Å². The molecule has 0 N–H and O–H groups in total. The second kappa shape index (κ2) is 19.0. The summed E-state index contributed by atoms with van der Waals surface area (Å²) in [5, 5.41) is 0. The Morgan fingerprint density at radius 2 is 0.667 bits per heavy atom. The van der Waals surface area contributed by atoms with Crippen molar-refractivity contribution in [3.8, 4) is 0 Å². The molecule has 0 spiro atoms. The Labute approximate surface area is 326 Å². The normalized spacial score (nSPS) is 19.6. The molecule has 4 aromatic rings. The average Bonchev–Trinajstić information content (AvgIpc) is 3.82. The summed E-state index contributed by atoms with van der Waals surface area (Å²) in [4.78, 5) is 0. The number of quaternary nitrogens is 2. The summed E-state index contributed by atoms with van der Waals surface area (Å²) in [6.45, 7) is 5.45. The van der Waals surface area contributed by atoms with E-state index in [0.29, 0.717) is 13.2 Å². The first-order valence-electron chi connectivity index (χ1n) is 20.7. The number of likely N-dealkylation sites (N-methyl/N-ethyl adjacent to an activating group) is 2. The Morgan fingerprint density at radius 3 is 0.944 bits per heavy atom. The number of ether oxygens (including phenoxy) is 4. The van der Waals surface area contributed by atoms with Crippen molar-refractivity contribution in [2.45, 2.75) is 88.0 Å². The fraction of sp³-hybridized carbons (Fsp3) is 0.500. The van der Waals surface area contributed by atoms with Crippen LogP contribution in [0.4, 0.5) is 0 Å². The van der Waals surface area contributed by atoms with Crippen LogP contribution in [0.5, 0.6) is 0 Å². The van der Waals surface area contributed by atoms with E-state index in [-0.39, 0.29) is 12.2 Å². The molecule has 2 atom stereocenters. The van der Waals surface area contributed by atoms with Gasteiger partial charge in [0.1, 0.15) is 25.3 Å². The van der Waals surface area contributed by atoms with E-state index < -0.39 is 11.6 Å². The fourth-order valence-corrected chi connectivity index (χ4v) is 8.55. The topological polar surface area (TPSA) is 36.9 Å². The maximum atomic E-state index is 6.79. The van der Waals surface area contributed by atoms with Crippen LogP contribution in [0.2, 0.25) is 0 Å². The second-order valence-electron chi connectivity index (χ2n) is 17.0. The van der Waals surface area contributed by atoms with Gasteiger partial charge in [-0.1, -0.05) is 160 Å². The Hall–Kier alpha value is -3.36. The summed E-state index contributed by atoms with van der Waals surface area (Å²) in [6.07, 6.45) is 13.3. The van der Waals surface area contributed by atoms with Crippen LogP contribution in [-0.2, 0) is 30.5 Å². The van der Waals surface area contributed by atoms with Gasteiger partial charge in [-0.25, -0.2) is 0 Å². The largest absolute Gasteiger partial charge is 0.339 e. The van der Waals surface area contributed by atoms with Crippen LogP contribution in [0, 0.1) is 0 Å². The van der Waals surface area contributed by atoms with Gasteiger partial charge in [0.2, 0.25) is 11.6 Å². The highest BCUT2D eigenvalue weighted by Crippen LogP contribution is 2.42. The molecule has 2 heterocycles. The first kappa shape index (κ1) is 40.3. The van der Waals surface area contributed by atoms with Gasteiger partial charge in [0.25, 0.3) is 0 Å². The Morgan fingerprint density at radius 1 is 0.407 bits per heavy atom. The van der Waals surface area contributed by atoms with Crippen molar-refractivity contribution in [2.24, 2.45) is 0 Å². The summed E-state index contributed by atoms with van der Waals surface area (Å²) in [5.41, 5.74) is 4.23. The molecule has 4 aromatic carbocycles. The van der Waals surface area contributed by atoms with Gasteiger partial charge in [0, 0.05) is 22.3 Å². The molecule has 2 aliphatic heterocycles. The van der Waals surface area contributed by atoms with Crippen LogP contribution in [0.1, 0.15) is 86.5 Å². The van der Waals surface area contributed by atoms with Gasteiger partial charge in [0.05, 0.1) is 54.5 Å². The van der Waals surface area contributed by atoms with Crippen LogP contribution < -0.4 is 0 Å². The van der Waals surface area contributed by atoms with Crippen molar-refractivity contribution in [1.29, 1.82) is 0 Å². The van der Waals surface area contributed by atoms with Crippen molar-refractivity contribution >= 4 is 0 Å². The SMILES string of the molecule is C[N+](C)(CCCCCCCCCCCC[N+](C)(C)CC1COC(c2ccccc2)(c2ccccc2)O1)CC1COC(c2ccccc2)(c2ccccc2)O1. The minimum Gasteiger partial charge on any atom is -0.339 e. The number of unbranched alkanes of at least 4 members (excludes halogenated alkanes) is 9. The van der Waals surface area contributed by atoms with E-state index in [0.717, 1.165) is 44.3 Å². The molecule has 2 saturated heterocycles. The molecule has 0 amide bonds. The van der Waals surface area contributed by atoms with Gasteiger partial charge in [-0.3, -0.25) is 0 Å². The third-order valence-electron chi connectivity index (χ3n) is 11.4. The Kier molecular flexibility index (Phi) is 14.2. The monoisotopic (exact) mass is 735 g/mol. The molecular formula is C48H66N2O4+2. The Balaban J connectivity index is 0.815. The standard InChI is InChI=1S/C48H66N2O4/c1-49(2,37-45-39-51-47(53-45,41-27-17-13-18-28-41)42-29-19-14-20-30-42)35-25-11-9-7-5-6-8-10-12-26-36-50(3,4)38-46-40-52-48(54-46,43-31-21-15-22-32-43)44-33-23-16-24-34-44/h13-24,27-34,45-46H,5-12,25-26,35-40H2,1-4H3/q+2. The lowest BCUT2D eigenvalue weighted by Crippen LogP contribution is -2.47. The van der Waals surface area contributed by atoms with Gasteiger partial charge >= 0.3 is 0 Å². The molecule has 6 rings (SSSR count). The maximum Gasteiger partial charge on any atom is 0.222 e. The number of hydrogen-bond acceptors (Lipinski definition) is 4. The van der Waals surface area contributed by atoms with Gasteiger partial charge < -0.3 is 27.9 Å². The Bertz CT molecular complexity index is 1440. The zero-order valence-electron chi connectivity index (χ0n) is 33.5. The first-order valence-corrected chi connectivity index (χ1v) is 20.7. The third-order valence-corrected chi connectivity index (χ3v) is 11.4. The highest BCUT2D eigenvalue weighted by atomic mass is 16.8. The quantitative estimate of drug-likeness (QED) is 0.0632. The predicted octanol–water partition coefficient (Wildman–Crippen LogP) is 9.67. The number of nitrogens with zero attached hydrogens (tertiary/aromatic N) is 2. The van der Waals surface area contributed by atoms with E-state index in [9.17, 15) is 0 Å². The molecule has 54 heavy (non-hydrogen) atoms. The van der Waals surface area contributed by atoms with E-state index in [4.69, 9.17) is 18.9 Å². The minimum atomic E-state index is -0.829. The highest BCUT2D eigenvalue weighted by molar-refractivity contribution is 5.36. The molecule has 2 fully saturated rings. The van der Waals surface area contributed by atoms with E-state index in [1.807, 2.05) is 24.3 Å². The summed E-state index contributed by atoms with van der Waals surface area (Å²) in [6, 6.07) is 41.6. The molecule has 2 aliphatic rings. The van der Waals surface area contributed by atoms with E-state index in [1.54, 1.807) is 0 Å². The van der Waals surface area contributed by atoms with Crippen molar-refractivity contribution in [2.75, 3.05) is 67.6 Å². The second-order valence-corrected chi connectivity index (χ2v) is 17.0. The van der Waals surface area contributed by atoms with Gasteiger partial charge in [-0.05, 0) is 25.7 Å². The summed E-state index contributed by atoms with van der Waals surface area (Å²) in [7, 11) is 9.36. The minimum absolute atomic E-state index is 0.0569. The molecule has 290 valence electrons. The van der Waals surface area contributed by atoms with Gasteiger partial charge in [0.15, 0.2) is 0 Å². The molecule has 6 heteroatoms. The highest BCUT2D eigenvalue weighted by Gasteiger charge is 2.47. The lowest BCUT2D eigenvalue weighted by Gasteiger charge is -2.33. The van der Waals surface area contributed by atoms with E-state index in [2.05, 4.69) is 125 Å². The molecule has 0 bridgehead atoms. The summed E-state index contributed by atoms with van der Waals surface area (Å²) >= 11 is 0. The first-order chi connectivity index (χ1) is 26.2. The number of hydrogen-bond donors (Lipinski definition) is 0. The molecule has 0 aromatic heterocycles. The summed E-state index contributed by atoms with van der Waals surface area (Å²) < 4.78 is 28.5.